The zero-order chi connectivity index (χ0) is 19.5. The standard InChI is InChI=1S/C19H22ClNO2.CH6N2/c1-4-13(2)19(10-14(3)20)23-11-17-16(15-8-9-15)6-5-7-18(17)21-12-22;1-3-2/h4-7,10,12,15H,1,8-9,11H2,2-3H3,(H,21,22);3H,2H2,1H3/b14-10+,19-13+;. The minimum Gasteiger partial charge on any atom is -0.489 e. The molecule has 0 saturated heterocycles. The number of nitrogens with two attached hydrogens (primary N) is 1. The van der Waals surface area contributed by atoms with Gasteiger partial charge in [0.2, 0.25) is 6.41 Å². The van der Waals surface area contributed by atoms with Crippen LogP contribution in [0.2, 0.25) is 0 Å². The topological polar surface area (TPSA) is 76.4 Å². The van der Waals surface area contributed by atoms with E-state index in [2.05, 4.69) is 29.2 Å². The number of allylic oxidation sites excluding steroid dienone is 4. The Balaban J connectivity index is 0.00000105. The molecular weight excluding hydrogens is 350 g/mol. The Hall–Kier alpha value is -2.08. The van der Waals surface area contributed by atoms with Crippen LogP contribution < -0.4 is 16.6 Å². The molecule has 0 aromatic heterocycles. The molecule has 0 bridgehead atoms. The molecule has 1 aliphatic carbocycles. The van der Waals surface area contributed by atoms with E-state index < -0.39 is 0 Å². The van der Waals surface area contributed by atoms with Crippen molar-refractivity contribution in [3.05, 3.63) is 64.4 Å². The van der Waals surface area contributed by atoms with Crippen molar-refractivity contribution in [1.29, 1.82) is 0 Å². The number of carbonyl (C=O) groups is 1. The zero-order valence-electron chi connectivity index (χ0n) is 15.6. The largest absolute Gasteiger partial charge is 0.489 e. The molecule has 142 valence electrons. The number of amides is 1. The highest BCUT2D eigenvalue weighted by molar-refractivity contribution is 6.29. The number of hydrazine groups is 1. The van der Waals surface area contributed by atoms with E-state index in [1.807, 2.05) is 19.1 Å². The number of hydrogen-bond acceptors (Lipinski definition) is 4. The average Bonchev–Trinajstić information content (AvgIpc) is 3.44. The predicted molar refractivity (Wildman–Crippen MR) is 109 cm³/mol. The number of carbonyl (C=O) groups excluding carboxylic acids is 1. The number of anilines is 1. The fourth-order valence-corrected chi connectivity index (χ4v) is 2.54. The SMILES string of the molecule is C=C/C(C)=C(\C=C(/C)Cl)OCc1c(NC=O)cccc1C1CC1.CNN. The zero-order valence-corrected chi connectivity index (χ0v) is 16.4. The van der Waals surface area contributed by atoms with Crippen LogP contribution >= 0.6 is 11.6 Å². The van der Waals surface area contributed by atoms with Crippen molar-refractivity contribution >= 4 is 23.7 Å². The number of benzene rings is 1. The Kier molecular flexibility index (Phi) is 9.73. The molecule has 0 radical (unpaired) electrons. The lowest BCUT2D eigenvalue weighted by molar-refractivity contribution is -0.105. The van der Waals surface area contributed by atoms with Crippen LogP contribution in [0, 0.1) is 0 Å². The summed E-state index contributed by atoms with van der Waals surface area (Å²) < 4.78 is 5.99. The first-order valence-electron chi connectivity index (χ1n) is 8.47. The third-order valence-corrected chi connectivity index (χ3v) is 3.95. The molecule has 4 N–H and O–H groups in total. The number of nitrogens with one attached hydrogen (secondary N) is 2. The van der Waals surface area contributed by atoms with Crippen LogP contribution in [0.4, 0.5) is 5.69 Å². The number of ether oxygens (including phenoxy) is 1. The maximum absolute atomic E-state index is 10.9. The Bertz CT molecular complexity index is 676. The molecule has 0 atom stereocenters. The average molecular weight is 378 g/mol. The first kappa shape index (κ1) is 22.0. The fourth-order valence-electron chi connectivity index (χ4n) is 2.44. The fraction of sp³-hybridized carbons (Fsp3) is 0.350. The van der Waals surface area contributed by atoms with Gasteiger partial charge in [-0.05, 0) is 62.9 Å². The van der Waals surface area contributed by atoms with E-state index in [1.165, 1.54) is 18.4 Å². The van der Waals surface area contributed by atoms with Gasteiger partial charge in [0.15, 0.2) is 0 Å². The molecule has 0 aliphatic heterocycles. The van der Waals surface area contributed by atoms with Crippen LogP contribution in [0.15, 0.2) is 53.3 Å². The lowest BCUT2D eigenvalue weighted by Crippen LogP contribution is -2.13. The molecule has 5 nitrogen and oxygen atoms in total. The van der Waals surface area contributed by atoms with Gasteiger partial charge in [-0.3, -0.25) is 16.1 Å². The minimum atomic E-state index is 0.379. The Morgan fingerprint density at radius 2 is 2.08 bits per heavy atom. The molecule has 0 heterocycles. The summed E-state index contributed by atoms with van der Waals surface area (Å²) in [6.45, 7) is 7.89. The molecular formula is C20H28ClN3O2. The molecule has 1 aromatic carbocycles. The second kappa shape index (κ2) is 11.5. The van der Waals surface area contributed by atoms with Gasteiger partial charge >= 0.3 is 0 Å². The van der Waals surface area contributed by atoms with E-state index in [9.17, 15) is 4.79 Å². The summed E-state index contributed by atoms with van der Waals surface area (Å²) in [7, 11) is 1.65. The second-order valence-corrected chi connectivity index (χ2v) is 6.57. The molecule has 6 heteroatoms. The van der Waals surface area contributed by atoms with E-state index in [1.54, 1.807) is 26.1 Å². The van der Waals surface area contributed by atoms with Crippen molar-refractivity contribution in [2.45, 2.75) is 39.2 Å². The van der Waals surface area contributed by atoms with E-state index >= 15 is 0 Å². The number of hydrogen-bond donors (Lipinski definition) is 3. The van der Waals surface area contributed by atoms with Gasteiger partial charge in [-0.1, -0.05) is 36.4 Å². The highest BCUT2D eigenvalue weighted by Crippen LogP contribution is 2.43. The number of halogens is 1. The van der Waals surface area contributed by atoms with Crippen LogP contribution in [0.5, 0.6) is 0 Å². The maximum atomic E-state index is 10.9. The molecule has 0 unspecified atom stereocenters. The highest BCUT2D eigenvalue weighted by atomic mass is 35.5. The molecule has 1 saturated carbocycles. The highest BCUT2D eigenvalue weighted by Gasteiger charge is 2.27. The molecule has 0 spiro atoms. The van der Waals surface area contributed by atoms with Gasteiger partial charge in [0, 0.05) is 16.3 Å². The van der Waals surface area contributed by atoms with Crippen LogP contribution in [0.1, 0.15) is 43.7 Å². The Morgan fingerprint density at radius 1 is 1.42 bits per heavy atom. The van der Waals surface area contributed by atoms with Gasteiger partial charge in [-0.2, -0.15) is 0 Å². The molecule has 1 aliphatic rings. The van der Waals surface area contributed by atoms with Crippen molar-refractivity contribution in [2.24, 2.45) is 5.84 Å². The Labute approximate surface area is 160 Å². The van der Waals surface area contributed by atoms with E-state index in [0.29, 0.717) is 29.7 Å². The van der Waals surface area contributed by atoms with Gasteiger partial charge < -0.3 is 10.1 Å². The summed E-state index contributed by atoms with van der Waals surface area (Å²) in [5.74, 6) is 5.86. The summed E-state index contributed by atoms with van der Waals surface area (Å²) in [5, 5.41) is 3.41. The first-order valence-corrected chi connectivity index (χ1v) is 8.85. The van der Waals surface area contributed by atoms with Gasteiger partial charge in [0.1, 0.15) is 12.4 Å². The second-order valence-electron chi connectivity index (χ2n) is 5.97. The summed E-state index contributed by atoms with van der Waals surface area (Å²) in [4.78, 5) is 10.9. The summed E-state index contributed by atoms with van der Waals surface area (Å²) in [6, 6.07) is 5.97. The van der Waals surface area contributed by atoms with E-state index in [0.717, 1.165) is 16.8 Å². The van der Waals surface area contributed by atoms with Crippen molar-refractivity contribution in [1.82, 2.24) is 5.43 Å². The van der Waals surface area contributed by atoms with E-state index in [4.69, 9.17) is 16.3 Å². The monoisotopic (exact) mass is 377 g/mol. The summed E-state index contributed by atoms with van der Waals surface area (Å²) >= 11 is 5.98. The van der Waals surface area contributed by atoms with Crippen molar-refractivity contribution in [3.8, 4) is 0 Å². The van der Waals surface area contributed by atoms with Gasteiger partial charge in [0.25, 0.3) is 0 Å². The van der Waals surface area contributed by atoms with Crippen LogP contribution in [0.3, 0.4) is 0 Å². The van der Waals surface area contributed by atoms with Crippen molar-refractivity contribution < 1.29 is 9.53 Å². The molecule has 1 aromatic rings. The maximum Gasteiger partial charge on any atom is 0.211 e. The third kappa shape index (κ3) is 7.04. The third-order valence-electron chi connectivity index (χ3n) is 3.84. The van der Waals surface area contributed by atoms with Crippen molar-refractivity contribution in [2.75, 3.05) is 12.4 Å². The van der Waals surface area contributed by atoms with E-state index in [-0.39, 0.29) is 0 Å². The van der Waals surface area contributed by atoms with Crippen LogP contribution in [-0.2, 0) is 16.1 Å². The van der Waals surface area contributed by atoms with Crippen molar-refractivity contribution in [3.63, 3.8) is 0 Å². The number of rotatable bonds is 8. The van der Waals surface area contributed by atoms with Crippen LogP contribution in [0.25, 0.3) is 0 Å². The predicted octanol–water partition coefficient (Wildman–Crippen LogP) is 4.33. The first-order chi connectivity index (χ1) is 12.5. The summed E-state index contributed by atoms with van der Waals surface area (Å²) in [6.07, 6.45) is 6.59. The lowest BCUT2D eigenvalue weighted by Gasteiger charge is -2.16. The summed E-state index contributed by atoms with van der Waals surface area (Å²) in [5.41, 5.74) is 6.24. The van der Waals surface area contributed by atoms with Gasteiger partial charge in [-0.15, -0.1) is 0 Å². The molecule has 1 fully saturated rings. The Morgan fingerprint density at radius 3 is 2.58 bits per heavy atom. The van der Waals surface area contributed by atoms with Crippen LogP contribution in [-0.4, -0.2) is 13.5 Å². The lowest BCUT2D eigenvalue weighted by atomic mass is 10.0. The smallest absolute Gasteiger partial charge is 0.211 e. The molecule has 1 amide bonds. The quantitative estimate of drug-likeness (QED) is 0.207. The molecule has 2 rings (SSSR count). The van der Waals surface area contributed by atoms with Gasteiger partial charge in [0.05, 0.1) is 0 Å². The normalized spacial score (nSPS) is 14.6. The minimum absolute atomic E-state index is 0.379. The van der Waals surface area contributed by atoms with Gasteiger partial charge in [-0.25, -0.2) is 0 Å². The molecule has 26 heavy (non-hydrogen) atoms.